The first kappa shape index (κ1) is 13.1. The largest absolute Gasteiger partial charge is 0.309 e. The maximum absolute atomic E-state index is 6.24. The Morgan fingerprint density at radius 3 is 2.94 bits per heavy atom. The van der Waals surface area contributed by atoms with Crippen LogP contribution in [0.2, 0.25) is 5.02 Å². The Morgan fingerprint density at radius 1 is 1.47 bits per heavy atom. The summed E-state index contributed by atoms with van der Waals surface area (Å²) in [4.78, 5) is 1.29. The first-order valence-corrected chi connectivity index (χ1v) is 7.71. The van der Waals surface area contributed by atoms with Crippen molar-refractivity contribution in [2.45, 2.75) is 45.1 Å². The number of rotatable bonds is 5. The van der Waals surface area contributed by atoms with Crippen LogP contribution in [0.15, 0.2) is 23.1 Å². The van der Waals surface area contributed by atoms with Gasteiger partial charge in [-0.05, 0) is 50.1 Å². The molecule has 1 aliphatic rings. The number of nitrogens with one attached hydrogen (secondary N) is 1. The number of thiophene rings is 1. The Labute approximate surface area is 113 Å². The molecule has 1 N–H and O–H groups in total. The van der Waals surface area contributed by atoms with Crippen molar-refractivity contribution in [3.05, 3.63) is 33.0 Å². The van der Waals surface area contributed by atoms with Gasteiger partial charge >= 0.3 is 0 Å². The molecule has 0 bridgehead atoms. The normalized spacial score (nSPS) is 17.9. The summed E-state index contributed by atoms with van der Waals surface area (Å²) in [5.41, 5.74) is 1.60. The molecule has 0 spiro atoms. The average molecular weight is 270 g/mol. The second kappa shape index (κ2) is 6.58. The molecule has 1 heterocycles. The summed E-state index contributed by atoms with van der Waals surface area (Å²) in [6.45, 7) is 3.15. The van der Waals surface area contributed by atoms with E-state index in [0.29, 0.717) is 6.04 Å². The molecule has 0 aliphatic heterocycles. The standard InChI is InChI=1S/C14H20ClNS/c1-2-16-13(14-12(15)8-9-17-14)10-11-6-4-3-5-7-11/h6,8-9,13,16H,2-5,7,10H2,1H3. The average Bonchev–Trinajstić information content (AvgIpc) is 2.76. The zero-order valence-electron chi connectivity index (χ0n) is 10.3. The number of hydrogen-bond acceptors (Lipinski definition) is 2. The lowest BCUT2D eigenvalue weighted by atomic mass is 9.94. The SMILES string of the molecule is CCNC(CC1=CCCCC1)c1sccc1Cl. The van der Waals surface area contributed by atoms with E-state index in [1.807, 2.05) is 6.07 Å². The van der Waals surface area contributed by atoms with Crippen molar-refractivity contribution in [3.8, 4) is 0 Å². The van der Waals surface area contributed by atoms with Gasteiger partial charge in [0.15, 0.2) is 0 Å². The van der Waals surface area contributed by atoms with Crippen molar-refractivity contribution in [1.29, 1.82) is 0 Å². The zero-order chi connectivity index (χ0) is 12.1. The highest BCUT2D eigenvalue weighted by atomic mass is 35.5. The van der Waals surface area contributed by atoms with Crippen LogP contribution < -0.4 is 5.32 Å². The molecule has 0 saturated heterocycles. The molecule has 17 heavy (non-hydrogen) atoms. The van der Waals surface area contributed by atoms with Gasteiger partial charge in [-0.3, -0.25) is 0 Å². The molecule has 0 aromatic carbocycles. The van der Waals surface area contributed by atoms with Crippen LogP contribution in [0.1, 0.15) is 49.9 Å². The van der Waals surface area contributed by atoms with Crippen molar-refractivity contribution >= 4 is 22.9 Å². The van der Waals surface area contributed by atoms with E-state index >= 15 is 0 Å². The first-order valence-electron chi connectivity index (χ1n) is 6.45. The smallest absolute Gasteiger partial charge is 0.0561 e. The summed E-state index contributed by atoms with van der Waals surface area (Å²) in [5.74, 6) is 0. The van der Waals surface area contributed by atoms with E-state index in [2.05, 4.69) is 23.7 Å². The molecule has 1 unspecified atom stereocenters. The number of halogens is 1. The summed E-state index contributed by atoms with van der Waals surface area (Å²) in [5, 5.41) is 6.55. The van der Waals surface area contributed by atoms with Gasteiger partial charge in [0, 0.05) is 10.9 Å². The van der Waals surface area contributed by atoms with Gasteiger partial charge in [-0.2, -0.15) is 0 Å². The highest BCUT2D eigenvalue weighted by Gasteiger charge is 2.17. The Balaban J connectivity index is 2.07. The third-order valence-corrected chi connectivity index (χ3v) is 4.74. The van der Waals surface area contributed by atoms with Gasteiger partial charge < -0.3 is 5.32 Å². The van der Waals surface area contributed by atoms with Gasteiger partial charge in [0.2, 0.25) is 0 Å². The van der Waals surface area contributed by atoms with E-state index in [-0.39, 0.29) is 0 Å². The molecule has 1 aromatic rings. The monoisotopic (exact) mass is 269 g/mol. The van der Waals surface area contributed by atoms with Gasteiger partial charge in [-0.25, -0.2) is 0 Å². The van der Waals surface area contributed by atoms with Crippen LogP contribution in [0, 0.1) is 0 Å². The van der Waals surface area contributed by atoms with Crippen LogP contribution >= 0.6 is 22.9 Å². The van der Waals surface area contributed by atoms with Crippen LogP contribution in [0.4, 0.5) is 0 Å². The van der Waals surface area contributed by atoms with Crippen LogP contribution in [0.3, 0.4) is 0 Å². The summed E-state index contributed by atoms with van der Waals surface area (Å²) in [6.07, 6.45) is 8.78. The van der Waals surface area contributed by atoms with Gasteiger partial charge in [-0.15, -0.1) is 11.3 Å². The summed E-state index contributed by atoms with van der Waals surface area (Å²) >= 11 is 8.00. The molecule has 0 saturated carbocycles. The molecular weight excluding hydrogens is 250 g/mol. The molecular formula is C14H20ClNS. The molecule has 0 amide bonds. The third kappa shape index (κ3) is 3.57. The summed E-state index contributed by atoms with van der Waals surface area (Å²) < 4.78 is 0. The Kier molecular flexibility index (Phi) is 5.08. The number of hydrogen-bond donors (Lipinski definition) is 1. The fourth-order valence-electron chi connectivity index (χ4n) is 2.41. The van der Waals surface area contributed by atoms with Crippen molar-refractivity contribution in [2.24, 2.45) is 0 Å². The fourth-order valence-corrected chi connectivity index (χ4v) is 3.68. The zero-order valence-corrected chi connectivity index (χ0v) is 11.9. The van der Waals surface area contributed by atoms with Crippen LogP contribution in [-0.4, -0.2) is 6.54 Å². The third-order valence-electron chi connectivity index (χ3n) is 3.26. The summed E-state index contributed by atoms with van der Waals surface area (Å²) in [6, 6.07) is 2.40. The Hall–Kier alpha value is -0.310. The van der Waals surface area contributed by atoms with Crippen molar-refractivity contribution in [3.63, 3.8) is 0 Å². The molecule has 1 nitrogen and oxygen atoms in total. The Morgan fingerprint density at radius 2 is 2.35 bits per heavy atom. The molecule has 1 aromatic heterocycles. The topological polar surface area (TPSA) is 12.0 Å². The predicted octanol–water partition coefficient (Wildman–Crippen LogP) is 4.94. The highest BCUT2D eigenvalue weighted by molar-refractivity contribution is 7.10. The van der Waals surface area contributed by atoms with Crippen LogP contribution in [0.5, 0.6) is 0 Å². The van der Waals surface area contributed by atoms with E-state index in [4.69, 9.17) is 11.6 Å². The fraction of sp³-hybridized carbons (Fsp3) is 0.571. The molecule has 94 valence electrons. The second-order valence-electron chi connectivity index (χ2n) is 4.56. The van der Waals surface area contributed by atoms with E-state index < -0.39 is 0 Å². The molecule has 1 aliphatic carbocycles. The van der Waals surface area contributed by atoms with E-state index in [9.17, 15) is 0 Å². The number of allylic oxidation sites excluding steroid dienone is 1. The van der Waals surface area contributed by atoms with Gasteiger partial charge in [0.05, 0.1) is 5.02 Å². The minimum atomic E-state index is 0.400. The minimum absolute atomic E-state index is 0.400. The van der Waals surface area contributed by atoms with Crippen LogP contribution in [-0.2, 0) is 0 Å². The van der Waals surface area contributed by atoms with Crippen molar-refractivity contribution in [2.75, 3.05) is 6.54 Å². The summed E-state index contributed by atoms with van der Waals surface area (Å²) in [7, 11) is 0. The molecule has 0 fully saturated rings. The molecule has 3 heteroatoms. The minimum Gasteiger partial charge on any atom is -0.309 e. The molecule has 1 atom stereocenters. The maximum Gasteiger partial charge on any atom is 0.0561 e. The maximum atomic E-state index is 6.24. The van der Waals surface area contributed by atoms with Crippen molar-refractivity contribution < 1.29 is 0 Å². The lowest BCUT2D eigenvalue weighted by molar-refractivity contribution is 0.535. The quantitative estimate of drug-likeness (QED) is 0.747. The highest BCUT2D eigenvalue weighted by Crippen LogP contribution is 2.34. The molecule has 0 radical (unpaired) electrons. The van der Waals surface area contributed by atoms with Crippen molar-refractivity contribution in [1.82, 2.24) is 5.32 Å². The Bertz CT molecular complexity index is 383. The van der Waals surface area contributed by atoms with Gasteiger partial charge in [0.1, 0.15) is 0 Å². The first-order chi connectivity index (χ1) is 8.31. The van der Waals surface area contributed by atoms with Crippen LogP contribution in [0.25, 0.3) is 0 Å². The van der Waals surface area contributed by atoms with Gasteiger partial charge in [-0.1, -0.05) is 30.2 Å². The second-order valence-corrected chi connectivity index (χ2v) is 5.91. The van der Waals surface area contributed by atoms with E-state index in [1.165, 1.54) is 30.6 Å². The van der Waals surface area contributed by atoms with E-state index in [1.54, 1.807) is 16.9 Å². The lowest BCUT2D eigenvalue weighted by Gasteiger charge is -2.21. The lowest BCUT2D eigenvalue weighted by Crippen LogP contribution is -2.21. The molecule has 2 rings (SSSR count). The van der Waals surface area contributed by atoms with E-state index in [0.717, 1.165) is 18.0 Å². The van der Waals surface area contributed by atoms with Gasteiger partial charge in [0.25, 0.3) is 0 Å². The predicted molar refractivity (Wildman–Crippen MR) is 76.9 cm³/mol.